The number of thiophene rings is 1. The Kier molecular flexibility index (Phi) is 6.98. The van der Waals surface area contributed by atoms with Gasteiger partial charge in [-0.05, 0) is 38.7 Å². The minimum Gasteiger partial charge on any atom is -0.355 e. The predicted octanol–water partition coefficient (Wildman–Crippen LogP) is 4.31. The summed E-state index contributed by atoms with van der Waals surface area (Å²) in [6.07, 6.45) is 7.74. The minimum absolute atomic E-state index is 0.0713. The van der Waals surface area contributed by atoms with Gasteiger partial charge in [-0.1, -0.05) is 32.1 Å². The molecule has 148 valence electrons. The van der Waals surface area contributed by atoms with Gasteiger partial charge in [0.1, 0.15) is 10.7 Å². The molecule has 1 fully saturated rings. The second kappa shape index (κ2) is 9.24. The molecule has 1 aliphatic carbocycles. The summed E-state index contributed by atoms with van der Waals surface area (Å²) < 4.78 is 0. The maximum absolute atomic E-state index is 12.3. The largest absolute Gasteiger partial charge is 0.355 e. The molecule has 0 radical (unpaired) electrons. The van der Waals surface area contributed by atoms with Crippen LogP contribution in [0.25, 0.3) is 10.2 Å². The van der Waals surface area contributed by atoms with Crippen LogP contribution in [0, 0.1) is 19.8 Å². The van der Waals surface area contributed by atoms with Crippen molar-refractivity contribution in [1.29, 1.82) is 0 Å². The molecule has 0 saturated heterocycles. The molecule has 7 heteroatoms. The molecular weight excluding hydrogens is 378 g/mol. The van der Waals surface area contributed by atoms with Crippen molar-refractivity contribution >= 4 is 39.2 Å². The zero-order valence-corrected chi connectivity index (χ0v) is 18.0. The van der Waals surface area contributed by atoms with Gasteiger partial charge in [0, 0.05) is 11.4 Å². The van der Waals surface area contributed by atoms with Crippen LogP contribution in [0.15, 0.2) is 4.79 Å². The van der Waals surface area contributed by atoms with Crippen LogP contribution in [0.1, 0.15) is 61.7 Å². The maximum atomic E-state index is 12.3. The zero-order valence-electron chi connectivity index (χ0n) is 16.4. The van der Waals surface area contributed by atoms with Crippen molar-refractivity contribution in [2.45, 2.75) is 70.3 Å². The number of thioether (sulfide) groups is 1. The van der Waals surface area contributed by atoms with Gasteiger partial charge < -0.3 is 10.3 Å². The van der Waals surface area contributed by atoms with Crippen LogP contribution in [-0.2, 0) is 10.5 Å². The van der Waals surface area contributed by atoms with Crippen molar-refractivity contribution in [3.05, 3.63) is 26.6 Å². The molecule has 1 atom stereocenters. The summed E-state index contributed by atoms with van der Waals surface area (Å²) in [4.78, 5) is 34.0. The summed E-state index contributed by atoms with van der Waals surface area (Å²) in [7, 11) is 0. The van der Waals surface area contributed by atoms with E-state index >= 15 is 0 Å². The van der Waals surface area contributed by atoms with Crippen LogP contribution in [0.4, 0.5) is 0 Å². The molecule has 1 amide bonds. The fourth-order valence-electron chi connectivity index (χ4n) is 3.67. The molecule has 3 rings (SSSR count). The molecule has 2 heterocycles. The van der Waals surface area contributed by atoms with E-state index in [1.54, 1.807) is 11.3 Å². The highest BCUT2D eigenvalue weighted by Gasteiger charge is 2.17. The van der Waals surface area contributed by atoms with Gasteiger partial charge in [0.15, 0.2) is 0 Å². The van der Waals surface area contributed by atoms with Crippen molar-refractivity contribution in [1.82, 2.24) is 15.3 Å². The lowest BCUT2D eigenvalue weighted by Crippen LogP contribution is -2.32. The van der Waals surface area contributed by atoms with E-state index in [0.717, 1.165) is 34.2 Å². The van der Waals surface area contributed by atoms with E-state index in [-0.39, 0.29) is 16.7 Å². The Bertz CT molecular complexity index is 853. The number of rotatable bonds is 7. The second-order valence-electron chi connectivity index (χ2n) is 7.51. The van der Waals surface area contributed by atoms with Crippen LogP contribution in [0.5, 0.6) is 0 Å². The van der Waals surface area contributed by atoms with Crippen molar-refractivity contribution in [3.8, 4) is 0 Å². The van der Waals surface area contributed by atoms with E-state index in [4.69, 9.17) is 0 Å². The van der Waals surface area contributed by atoms with Crippen LogP contribution in [0.2, 0.25) is 0 Å². The standard InChI is InChI=1S/C20H29N3O2S2/c1-12-13(2)27-20-17(12)19(25)22-16(23-20)11-26-14(3)18(24)21-10-9-15-7-5-4-6-8-15/h14-15H,4-11H2,1-3H3,(H,21,24)(H,22,23,25). The third-order valence-electron chi connectivity index (χ3n) is 5.50. The zero-order chi connectivity index (χ0) is 19.4. The number of hydrogen-bond acceptors (Lipinski definition) is 5. The van der Waals surface area contributed by atoms with Gasteiger partial charge in [-0.3, -0.25) is 9.59 Å². The summed E-state index contributed by atoms with van der Waals surface area (Å²) in [5, 5.41) is 3.60. The van der Waals surface area contributed by atoms with Crippen LogP contribution in [0.3, 0.4) is 0 Å². The highest BCUT2D eigenvalue weighted by molar-refractivity contribution is 7.99. The number of nitrogens with one attached hydrogen (secondary N) is 2. The van der Waals surface area contributed by atoms with Crippen molar-refractivity contribution in [3.63, 3.8) is 0 Å². The molecule has 5 nitrogen and oxygen atoms in total. The quantitative estimate of drug-likeness (QED) is 0.717. The van der Waals surface area contributed by atoms with Crippen LogP contribution < -0.4 is 10.9 Å². The highest BCUT2D eigenvalue weighted by atomic mass is 32.2. The van der Waals surface area contributed by atoms with E-state index in [1.165, 1.54) is 43.9 Å². The van der Waals surface area contributed by atoms with Gasteiger partial charge in [-0.15, -0.1) is 23.1 Å². The molecule has 27 heavy (non-hydrogen) atoms. The number of hydrogen-bond donors (Lipinski definition) is 2. The normalized spacial score (nSPS) is 16.6. The van der Waals surface area contributed by atoms with Crippen LogP contribution in [-0.4, -0.2) is 27.7 Å². The molecule has 0 aromatic carbocycles. The number of carbonyl (C=O) groups is 1. The lowest BCUT2D eigenvalue weighted by atomic mass is 9.87. The Labute approximate surface area is 168 Å². The fraction of sp³-hybridized carbons (Fsp3) is 0.650. The molecule has 1 aliphatic rings. The number of amides is 1. The van der Waals surface area contributed by atoms with Gasteiger partial charge in [0.05, 0.1) is 16.4 Å². The minimum atomic E-state index is -0.163. The summed E-state index contributed by atoms with van der Waals surface area (Å²) in [5.41, 5.74) is 0.927. The first kappa shape index (κ1) is 20.4. The van der Waals surface area contributed by atoms with Crippen molar-refractivity contribution in [2.75, 3.05) is 6.54 Å². The Hall–Kier alpha value is -1.34. The first-order valence-electron chi connectivity index (χ1n) is 9.84. The average Bonchev–Trinajstić information content (AvgIpc) is 2.94. The third-order valence-corrected chi connectivity index (χ3v) is 7.76. The summed E-state index contributed by atoms with van der Waals surface area (Å²) >= 11 is 3.06. The van der Waals surface area contributed by atoms with Crippen molar-refractivity contribution in [2.24, 2.45) is 5.92 Å². The molecular formula is C20H29N3O2S2. The Balaban J connectivity index is 1.49. The number of carbonyl (C=O) groups excluding carboxylic acids is 1. The summed E-state index contributed by atoms with van der Waals surface area (Å²) in [5.74, 6) is 2.02. The molecule has 2 N–H and O–H groups in total. The maximum Gasteiger partial charge on any atom is 0.259 e. The van der Waals surface area contributed by atoms with Crippen molar-refractivity contribution < 1.29 is 4.79 Å². The topological polar surface area (TPSA) is 74.8 Å². The van der Waals surface area contributed by atoms with E-state index in [1.807, 2.05) is 20.8 Å². The summed E-state index contributed by atoms with van der Waals surface area (Å²) in [6, 6.07) is 0. The first-order valence-corrected chi connectivity index (χ1v) is 11.7. The Morgan fingerprint density at radius 2 is 2.07 bits per heavy atom. The number of aromatic amines is 1. The SMILES string of the molecule is Cc1sc2nc(CSC(C)C(=O)NCCC3CCCCC3)[nH]c(=O)c2c1C. The molecule has 2 aromatic rings. The highest BCUT2D eigenvalue weighted by Crippen LogP contribution is 2.27. The lowest BCUT2D eigenvalue weighted by molar-refractivity contribution is -0.120. The molecule has 0 aliphatic heterocycles. The van der Waals surface area contributed by atoms with E-state index in [9.17, 15) is 9.59 Å². The first-order chi connectivity index (χ1) is 13.0. The molecule has 0 bridgehead atoms. The van der Waals surface area contributed by atoms with Gasteiger partial charge in [-0.25, -0.2) is 4.98 Å². The van der Waals surface area contributed by atoms with Gasteiger partial charge in [0.25, 0.3) is 5.56 Å². The second-order valence-corrected chi connectivity index (χ2v) is 10.0. The third kappa shape index (κ3) is 5.13. The Morgan fingerprint density at radius 1 is 1.33 bits per heavy atom. The van der Waals surface area contributed by atoms with E-state index in [2.05, 4.69) is 15.3 Å². The molecule has 0 spiro atoms. The van der Waals surface area contributed by atoms with Gasteiger partial charge >= 0.3 is 0 Å². The lowest BCUT2D eigenvalue weighted by Gasteiger charge is -2.21. The molecule has 1 saturated carbocycles. The number of aryl methyl sites for hydroxylation is 2. The van der Waals surface area contributed by atoms with Gasteiger partial charge in [0.2, 0.25) is 5.91 Å². The average molecular weight is 408 g/mol. The van der Waals surface area contributed by atoms with Crippen LogP contribution >= 0.6 is 23.1 Å². The number of H-pyrrole nitrogens is 1. The number of nitrogens with zero attached hydrogens (tertiary/aromatic N) is 1. The fourth-order valence-corrected chi connectivity index (χ4v) is 5.49. The number of fused-ring (bicyclic) bond motifs is 1. The van der Waals surface area contributed by atoms with E-state index in [0.29, 0.717) is 17.0 Å². The summed E-state index contributed by atoms with van der Waals surface area (Å²) in [6.45, 7) is 6.65. The Morgan fingerprint density at radius 3 is 2.81 bits per heavy atom. The molecule has 2 aromatic heterocycles. The van der Waals surface area contributed by atoms with E-state index < -0.39 is 0 Å². The monoisotopic (exact) mass is 407 g/mol. The smallest absolute Gasteiger partial charge is 0.259 e. The van der Waals surface area contributed by atoms with Gasteiger partial charge in [-0.2, -0.15) is 0 Å². The molecule has 1 unspecified atom stereocenters. The predicted molar refractivity (Wildman–Crippen MR) is 115 cm³/mol. The number of aromatic nitrogens is 2.